The normalized spacial score (nSPS) is 11.7. The van der Waals surface area contributed by atoms with Gasteiger partial charge in [-0.25, -0.2) is 4.79 Å². The Kier molecular flexibility index (Phi) is 5.30. The lowest BCUT2D eigenvalue weighted by Crippen LogP contribution is -2.19. The highest BCUT2D eigenvalue weighted by atomic mass is 32.1. The van der Waals surface area contributed by atoms with Gasteiger partial charge in [0.1, 0.15) is 0 Å². The van der Waals surface area contributed by atoms with E-state index in [-0.39, 0.29) is 11.9 Å². The number of methoxy groups -OCH3 is 1. The van der Waals surface area contributed by atoms with Gasteiger partial charge in [0.25, 0.3) is 0 Å². The van der Waals surface area contributed by atoms with Crippen LogP contribution in [0.25, 0.3) is 0 Å². The van der Waals surface area contributed by atoms with Crippen molar-refractivity contribution in [2.45, 2.75) is 12.5 Å². The van der Waals surface area contributed by atoms with E-state index in [4.69, 9.17) is 0 Å². The Bertz CT molecular complexity index is 790. The molecule has 5 nitrogen and oxygen atoms in total. The number of anilines is 1. The van der Waals surface area contributed by atoms with Gasteiger partial charge in [0.15, 0.2) is 0 Å². The molecule has 3 rings (SSSR count). The monoisotopic (exact) mass is 354 g/mol. The molecule has 0 aliphatic heterocycles. The fraction of sp³-hybridized carbons (Fsp3) is 0.158. The number of thiophene rings is 1. The number of nitrogens with zero attached hydrogens (tertiary/aromatic N) is 1. The zero-order valence-electron chi connectivity index (χ0n) is 13.7. The second kappa shape index (κ2) is 7.81. The highest BCUT2D eigenvalue weighted by Gasteiger charge is 2.18. The maximum Gasteiger partial charge on any atom is 0.337 e. The molecule has 0 bridgehead atoms. The van der Waals surface area contributed by atoms with Crippen molar-refractivity contribution < 1.29 is 14.3 Å². The predicted octanol–water partition coefficient (Wildman–Crippen LogP) is 3.95. The molecule has 0 saturated carbocycles. The number of hydrogen-bond acceptors (Lipinski definition) is 4. The third kappa shape index (κ3) is 4.16. The molecule has 128 valence electrons. The summed E-state index contributed by atoms with van der Waals surface area (Å²) in [4.78, 5) is 25.1. The van der Waals surface area contributed by atoms with E-state index in [1.54, 1.807) is 35.6 Å². The van der Waals surface area contributed by atoms with Crippen LogP contribution >= 0.6 is 11.3 Å². The summed E-state index contributed by atoms with van der Waals surface area (Å²) in [5.74, 6) is -0.485. The molecule has 0 aliphatic carbocycles. The molecule has 0 fully saturated rings. The van der Waals surface area contributed by atoms with Gasteiger partial charge in [-0.1, -0.05) is 6.07 Å². The van der Waals surface area contributed by atoms with Crippen LogP contribution in [0, 0.1) is 0 Å². The molecule has 0 unspecified atom stereocenters. The number of nitrogens with one attached hydrogen (secondary N) is 1. The number of benzene rings is 1. The van der Waals surface area contributed by atoms with E-state index in [1.165, 1.54) is 7.11 Å². The number of amides is 1. The fourth-order valence-corrected chi connectivity index (χ4v) is 3.42. The minimum absolute atomic E-state index is 0.0376. The summed E-state index contributed by atoms with van der Waals surface area (Å²) in [6.45, 7) is 0. The first kappa shape index (κ1) is 17.0. The van der Waals surface area contributed by atoms with Gasteiger partial charge in [-0.2, -0.15) is 0 Å². The summed E-state index contributed by atoms with van der Waals surface area (Å²) in [7, 11) is 1.34. The van der Waals surface area contributed by atoms with Crippen LogP contribution in [0.1, 0.15) is 27.7 Å². The number of aromatic nitrogens is 1. The highest BCUT2D eigenvalue weighted by Crippen LogP contribution is 2.27. The van der Waals surface area contributed by atoms with Crippen molar-refractivity contribution in [3.8, 4) is 0 Å². The summed E-state index contributed by atoms with van der Waals surface area (Å²) in [5.41, 5.74) is 1.10. The SMILES string of the molecule is COC(=O)c1ccc(NC(=O)C[C@@H](c2cccs2)n2cccc2)cc1. The number of carbonyl (C=O) groups excluding carboxylic acids is 2. The van der Waals surface area contributed by atoms with Crippen LogP contribution in [-0.4, -0.2) is 23.6 Å². The number of rotatable bonds is 6. The van der Waals surface area contributed by atoms with Crippen LogP contribution in [0.2, 0.25) is 0 Å². The van der Waals surface area contributed by atoms with E-state index in [0.29, 0.717) is 17.7 Å². The van der Waals surface area contributed by atoms with Crippen LogP contribution in [-0.2, 0) is 9.53 Å². The van der Waals surface area contributed by atoms with Crippen LogP contribution in [0.15, 0.2) is 66.3 Å². The van der Waals surface area contributed by atoms with Crippen LogP contribution in [0.3, 0.4) is 0 Å². The lowest BCUT2D eigenvalue weighted by Gasteiger charge is -2.17. The maximum atomic E-state index is 12.5. The third-order valence-corrected chi connectivity index (χ3v) is 4.80. The van der Waals surface area contributed by atoms with Crippen molar-refractivity contribution in [3.63, 3.8) is 0 Å². The van der Waals surface area contributed by atoms with Gasteiger partial charge >= 0.3 is 5.97 Å². The van der Waals surface area contributed by atoms with E-state index in [0.717, 1.165) is 4.88 Å². The lowest BCUT2D eigenvalue weighted by atomic mass is 10.1. The fourth-order valence-electron chi connectivity index (χ4n) is 2.58. The summed E-state index contributed by atoms with van der Waals surface area (Å²) in [6.07, 6.45) is 4.25. The van der Waals surface area contributed by atoms with E-state index in [1.807, 2.05) is 46.6 Å². The van der Waals surface area contributed by atoms with Crippen molar-refractivity contribution in [2.24, 2.45) is 0 Å². The van der Waals surface area contributed by atoms with E-state index in [9.17, 15) is 9.59 Å². The molecule has 2 aromatic heterocycles. The van der Waals surface area contributed by atoms with Gasteiger partial charge in [-0.3, -0.25) is 4.79 Å². The quantitative estimate of drug-likeness (QED) is 0.682. The Morgan fingerprint density at radius 1 is 1.12 bits per heavy atom. The molecule has 3 aromatic rings. The Morgan fingerprint density at radius 3 is 2.44 bits per heavy atom. The molecule has 0 saturated heterocycles. The molecular weight excluding hydrogens is 336 g/mol. The van der Waals surface area contributed by atoms with Crippen molar-refractivity contribution in [2.75, 3.05) is 12.4 Å². The van der Waals surface area contributed by atoms with E-state index in [2.05, 4.69) is 10.1 Å². The minimum Gasteiger partial charge on any atom is -0.465 e. The van der Waals surface area contributed by atoms with Gasteiger partial charge < -0.3 is 14.6 Å². The first-order chi connectivity index (χ1) is 12.2. The molecule has 25 heavy (non-hydrogen) atoms. The number of ether oxygens (including phenoxy) is 1. The Balaban J connectivity index is 1.69. The average molecular weight is 354 g/mol. The van der Waals surface area contributed by atoms with Gasteiger partial charge in [0.2, 0.25) is 5.91 Å². The van der Waals surface area contributed by atoms with Gasteiger partial charge in [0.05, 0.1) is 25.1 Å². The molecule has 1 amide bonds. The molecule has 1 N–H and O–H groups in total. The maximum absolute atomic E-state index is 12.5. The second-order valence-electron chi connectivity index (χ2n) is 5.48. The number of esters is 1. The van der Waals surface area contributed by atoms with Gasteiger partial charge in [-0.05, 0) is 47.8 Å². The standard InChI is InChI=1S/C19H18N2O3S/c1-24-19(23)14-6-8-15(9-7-14)20-18(22)13-16(17-5-4-12-25-17)21-10-2-3-11-21/h2-12,16H,13H2,1H3,(H,20,22)/t16-/m0/s1. The first-order valence-electron chi connectivity index (χ1n) is 7.81. The molecule has 0 radical (unpaired) electrons. The lowest BCUT2D eigenvalue weighted by molar-refractivity contribution is -0.116. The second-order valence-corrected chi connectivity index (χ2v) is 6.46. The average Bonchev–Trinajstić information content (AvgIpc) is 3.33. The third-order valence-electron chi connectivity index (χ3n) is 3.83. The number of carbonyl (C=O) groups is 2. The summed E-state index contributed by atoms with van der Waals surface area (Å²) >= 11 is 1.63. The van der Waals surface area contributed by atoms with Crippen molar-refractivity contribution in [3.05, 3.63) is 76.7 Å². The number of hydrogen-bond donors (Lipinski definition) is 1. The van der Waals surface area contributed by atoms with Gasteiger partial charge in [-0.15, -0.1) is 11.3 Å². The van der Waals surface area contributed by atoms with Gasteiger partial charge in [0, 0.05) is 23.0 Å². The highest BCUT2D eigenvalue weighted by molar-refractivity contribution is 7.10. The summed E-state index contributed by atoms with van der Waals surface area (Å²) < 4.78 is 6.70. The zero-order valence-corrected chi connectivity index (χ0v) is 14.5. The molecule has 0 spiro atoms. The van der Waals surface area contributed by atoms with Crippen LogP contribution < -0.4 is 5.32 Å². The Hall–Kier alpha value is -2.86. The molecule has 0 aliphatic rings. The predicted molar refractivity (Wildman–Crippen MR) is 97.9 cm³/mol. The van der Waals surface area contributed by atoms with E-state index >= 15 is 0 Å². The summed E-state index contributed by atoms with van der Waals surface area (Å²) in [6, 6.07) is 14.5. The smallest absolute Gasteiger partial charge is 0.337 e. The molecular formula is C19H18N2O3S. The minimum atomic E-state index is -0.400. The first-order valence-corrected chi connectivity index (χ1v) is 8.69. The van der Waals surface area contributed by atoms with Crippen LogP contribution in [0.5, 0.6) is 0 Å². The van der Waals surface area contributed by atoms with Crippen molar-refractivity contribution in [1.29, 1.82) is 0 Å². The molecule has 1 atom stereocenters. The van der Waals surface area contributed by atoms with E-state index < -0.39 is 5.97 Å². The Labute approximate surface area is 149 Å². The molecule has 2 heterocycles. The van der Waals surface area contributed by atoms with Crippen molar-refractivity contribution in [1.82, 2.24) is 4.57 Å². The largest absolute Gasteiger partial charge is 0.465 e. The Morgan fingerprint density at radius 2 is 1.84 bits per heavy atom. The van der Waals surface area contributed by atoms with Crippen molar-refractivity contribution >= 4 is 28.9 Å². The molecule has 6 heteroatoms. The summed E-state index contributed by atoms with van der Waals surface area (Å²) in [5, 5.41) is 4.89. The zero-order chi connectivity index (χ0) is 17.6. The topological polar surface area (TPSA) is 60.3 Å². The van der Waals surface area contributed by atoms with Crippen LogP contribution in [0.4, 0.5) is 5.69 Å². The molecule has 1 aromatic carbocycles.